The molecule has 2 aliphatic rings. The van der Waals surface area contributed by atoms with E-state index in [0.29, 0.717) is 12.3 Å². The minimum atomic E-state index is 0.278. The van der Waals surface area contributed by atoms with Crippen molar-refractivity contribution in [1.82, 2.24) is 5.32 Å². The number of hydrogen-bond acceptors (Lipinski definition) is 2. The molecule has 1 saturated heterocycles. The monoisotopic (exact) mass is 389 g/mol. The topological polar surface area (TPSA) is 129 Å². The number of carbonyl (C=O) groups excluding carboxylic acids is 1. The number of nitrogens with one attached hydrogen (secondary N) is 1. The minimum absolute atomic E-state index is 0.278. The van der Waals surface area contributed by atoms with Crippen molar-refractivity contribution in [3.8, 4) is 0 Å². The first kappa shape index (κ1) is 28.5. The molecule has 26 heavy (non-hydrogen) atoms. The molecule has 8 heteroatoms. The van der Waals surface area contributed by atoms with Gasteiger partial charge in [0.05, 0.1) is 0 Å². The molecular formula is C18H11CrNO6. The molecule has 0 amide bonds. The van der Waals surface area contributed by atoms with E-state index in [0.717, 1.165) is 22.2 Å². The van der Waals surface area contributed by atoms with Gasteiger partial charge in [-0.25, -0.2) is 0 Å². The molecule has 1 atom stereocenters. The summed E-state index contributed by atoms with van der Waals surface area (Å²) >= 11 is 3.03. The quantitative estimate of drug-likeness (QED) is 0.570. The first-order valence-electron chi connectivity index (χ1n) is 6.40. The molecule has 0 spiro atoms. The van der Waals surface area contributed by atoms with Gasteiger partial charge in [-0.3, -0.25) is 0 Å². The van der Waals surface area contributed by atoms with Gasteiger partial charge < -0.3 is 0 Å². The van der Waals surface area contributed by atoms with Crippen LogP contribution in [0.25, 0.3) is 5.57 Å². The van der Waals surface area contributed by atoms with E-state index < -0.39 is 0 Å². The summed E-state index contributed by atoms with van der Waals surface area (Å²) in [4.78, 5) is 12.0. The van der Waals surface area contributed by atoms with Gasteiger partial charge in [-0.1, -0.05) is 0 Å². The summed E-state index contributed by atoms with van der Waals surface area (Å²) in [5, 5.41) is 3.29. The van der Waals surface area contributed by atoms with Crippen LogP contribution in [0.15, 0.2) is 35.9 Å². The summed E-state index contributed by atoms with van der Waals surface area (Å²) in [5.74, 6) is 0.652. The van der Waals surface area contributed by atoms with Crippen molar-refractivity contribution in [3.63, 3.8) is 0 Å². The Bertz CT molecular complexity index is 678. The van der Waals surface area contributed by atoms with Crippen LogP contribution in [0.1, 0.15) is 12.0 Å². The normalized spacial score (nSPS) is 15.2. The first-order chi connectivity index (χ1) is 12.8. The van der Waals surface area contributed by atoms with Gasteiger partial charge in [0.1, 0.15) is 0 Å². The van der Waals surface area contributed by atoms with Crippen LogP contribution in [0.5, 0.6) is 0 Å². The van der Waals surface area contributed by atoms with E-state index in [9.17, 15) is 4.79 Å². The van der Waals surface area contributed by atoms with Crippen molar-refractivity contribution in [2.24, 2.45) is 5.92 Å². The van der Waals surface area contributed by atoms with Gasteiger partial charge in [0, 0.05) is 0 Å². The van der Waals surface area contributed by atoms with Gasteiger partial charge in [-0.2, -0.15) is 0 Å². The van der Waals surface area contributed by atoms with Gasteiger partial charge in [0.15, 0.2) is 0 Å². The number of hydrogen-bond donors (Lipinski definition) is 1. The Balaban J connectivity index is -0.000000462. The number of Topliss-reactive ketones (excluding diaryl/α,β-unsaturated/α-hetero) is 1. The Morgan fingerprint density at radius 2 is 1.35 bits per heavy atom. The Morgan fingerprint density at radius 3 is 1.81 bits per heavy atom. The molecule has 1 aromatic carbocycles. The molecule has 1 aromatic rings. The van der Waals surface area contributed by atoms with Gasteiger partial charge in [0.25, 0.3) is 0 Å². The molecule has 130 valence electrons. The number of rotatable bonds is 1. The second kappa shape index (κ2) is 19.0. The zero-order chi connectivity index (χ0) is 21.1. The van der Waals surface area contributed by atoms with Crippen molar-refractivity contribution in [3.05, 3.63) is 74.7 Å². The molecule has 1 N–H and O–H groups in total. The number of allylic oxidation sites excluding steroid dienone is 1. The summed E-state index contributed by atoms with van der Waals surface area (Å²) in [6.07, 6.45) is 0.651. The summed E-state index contributed by atoms with van der Waals surface area (Å²) in [7, 11) is 0. The van der Waals surface area contributed by atoms with E-state index in [1.807, 2.05) is 30.3 Å². The summed E-state index contributed by atoms with van der Waals surface area (Å²) in [6, 6.07) is 9.94. The van der Waals surface area contributed by atoms with Gasteiger partial charge in [-0.15, -0.1) is 0 Å². The van der Waals surface area contributed by atoms with Gasteiger partial charge in [0.2, 0.25) is 0 Å². The number of benzene rings is 1. The fourth-order valence-electron chi connectivity index (χ4n) is 2.49. The molecule has 0 radical (unpaired) electrons. The molecule has 3 rings (SSSR count). The van der Waals surface area contributed by atoms with Crippen molar-refractivity contribution < 1.29 is 43.9 Å². The van der Waals surface area contributed by atoms with Crippen molar-refractivity contribution in [2.75, 3.05) is 6.54 Å². The molecule has 1 fully saturated rings. The molecule has 7 nitrogen and oxygen atoms in total. The molecule has 1 aliphatic heterocycles. The van der Waals surface area contributed by atoms with E-state index in [4.69, 9.17) is 23.3 Å². The standard InChI is InChI=1S/C13H11NO.5CO.Cr/c15-12-6-10-7-14-8-11(10)13(12)9-4-2-1-3-5-9;5*1-2;/h1-5,10,14H,6-7H2;;;;;;. The maximum absolute atomic E-state index is 12.0. The van der Waals surface area contributed by atoms with E-state index >= 15 is 0 Å². The van der Waals surface area contributed by atoms with E-state index in [2.05, 4.69) is 54.4 Å². The predicted octanol–water partition coefficient (Wildman–Crippen LogP) is 1.12. The van der Waals surface area contributed by atoms with E-state index in [1.165, 1.54) is 5.57 Å². The second-order valence-electron chi connectivity index (χ2n) is 4.19. The molecule has 0 saturated carbocycles. The number of fused-ring (bicyclic) bond motifs is 1. The first-order valence-corrected chi connectivity index (χ1v) is 7.04. The summed E-state index contributed by atoms with van der Waals surface area (Å²) < 4.78 is 38.6. The van der Waals surface area contributed by atoms with Crippen LogP contribution in [0.2, 0.25) is 0 Å². The van der Waals surface area contributed by atoms with Crippen LogP contribution < -0.4 is 5.32 Å². The average Bonchev–Trinajstić information content (AvgIpc) is 3.28. The molecule has 1 aliphatic carbocycles. The van der Waals surface area contributed by atoms with Crippen LogP contribution >= 0.6 is 0 Å². The third-order valence-electron chi connectivity index (χ3n) is 3.20. The molecule has 0 aromatic heterocycles. The average molecular weight is 389 g/mol. The van der Waals surface area contributed by atoms with Crippen LogP contribution in [0, 0.1) is 39.2 Å². The predicted molar refractivity (Wildman–Crippen MR) is 79.1 cm³/mol. The molecular weight excluding hydrogens is 378 g/mol. The third-order valence-corrected chi connectivity index (χ3v) is 3.77. The number of ketones is 1. The van der Waals surface area contributed by atoms with E-state index in [-0.39, 0.29) is 5.78 Å². The summed E-state index contributed by atoms with van der Waals surface area (Å²) in [6.45, 7) is 23.4. The molecule has 1 heterocycles. The van der Waals surface area contributed by atoms with Crippen molar-refractivity contribution in [1.29, 1.82) is 0 Å². The van der Waals surface area contributed by atoms with Crippen molar-refractivity contribution in [2.45, 2.75) is 6.42 Å². The fraction of sp³-hybridized carbons (Fsp3) is 0.167. The Labute approximate surface area is 159 Å². The SMILES string of the molecule is O=C1CC2CN[C](=[Cr])C2=C1c1ccccc1.[C-]#[O+].[C-]#[O+].[C-]#[O+].[C-]#[O+].[C-]#[O+]. The Morgan fingerprint density at radius 1 is 0.885 bits per heavy atom. The van der Waals surface area contributed by atoms with Gasteiger partial charge >= 0.3 is 159 Å². The zero-order valence-corrected chi connectivity index (χ0v) is 14.5. The fourth-order valence-corrected chi connectivity index (χ4v) is 3.04. The van der Waals surface area contributed by atoms with Crippen LogP contribution in [0.3, 0.4) is 0 Å². The van der Waals surface area contributed by atoms with Crippen LogP contribution in [-0.2, 0) is 43.9 Å². The Hall–Kier alpha value is -2.31. The number of carbonyl (C=O) groups is 1. The Kier molecular flexibility index (Phi) is 20.8. The second-order valence-corrected chi connectivity index (χ2v) is 4.83. The molecule has 1 unspecified atom stereocenters. The van der Waals surface area contributed by atoms with Crippen LogP contribution in [0.4, 0.5) is 0 Å². The summed E-state index contributed by atoms with van der Waals surface area (Å²) in [5.41, 5.74) is 3.14. The third kappa shape index (κ3) is 7.72. The van der Waals surface area contributed by atoms with E-state index in [1.54, 1.807) is 0 Å². The van der Waals surface area contributed by atoms with Gasteiger partial charge in [-0.05, 0) is 0 Å². The zero-order valence-electron chi connectivity index (χ0n) is 13.2. The maximum atomic E-state index is 12.0. The van der Waals surface area contributed by atoms with Crippen molar-refractivity contribution >= 4 is 15.9 Å². The van der Waals surface area contributed by atoms with Crippen LogP contribution in [-0.4, -0.2) is 16.8 Å². The molecule has 0 bridgehead atoms.